The van der Waals surface area contributed by atoms with E-state index in [1.54, 1.807) is 0 Å². The van der Waals surface area contributed by atoms with E-state index in [1.165, 1.54) is 56.0 Å². The molecule has 262 valence electrons. The molecule has 1 aliphatic heterocycles. The van der Waals surface area contributed by atoms with Crippen LogP contribution in [0.25, 0.3) is 0 Å². The first-order chi connectivity index (χ1) is 24.2. The van der Waals surface area contributed by atoms with Crippen molar-refractivity contribution in [2.24, 2.45) is 0 Å². The molecule has 0 N–H and O–H groups in total. The third kappa shape index (κ3) is 7.28. The summed E-state index contributed by atoms with van der Waals surface area (Å²) in [7, 11) is 0. The number of rotatable bonds is 9. The Kier molecular flexibility index (Phi) is 10.6. The lowest BCUT2D eigenvalue weighted by Crippen LogP contribution is -2.25. The molecule has 2 aliphatic rings. The number of hydrogen-bond donors (Lipinski definition) is 0. The van der Waals surface area contributed by atoms with Crippen molar-refractivity contribution in [2.75, 3.05) is 16.3 Å². The molecule has 0 saturated carbocycles. The first-order valence-electron chi connectivity index (χ1n) is 18.0. The Hall–Kier alpha value is -3.86. The third-order valence-electron chi connectivity index (χ3n) is 10.8. The van der Waals surface area contributed by atoms with Gasteiger partial charge in [-0.3, -0.25) is 0 Å². The molecule has 4 aromatic rings. The lowest BCUT2D eigenvalue weighted by molar-refractivity contribution is 0.633. The fraction of sp³-hybridized carbons (Fsp3) is 0.277. The predicted molar refractivity (Wildman–Crippen MR) is 227 cm³/mol. The highest BCUT2D eigenvalue weighted by atomic mass is 79.9. The molecule has 51 heavy (non-hydrogen) atoms. The molecule has 2 nitrogen and oxygen atoms in total. The summed E-state index contributed by atoms with van der Waals surface area (Å²) in [6.45, 7) is 23.7. The maximum Gasteiger partial charge on any atom is 0.0525 e. The first-order valence-corrected chi connectivity index (χ1v) is 19.6. The quantitative estimate of drug-likeness (QED) is 0.156. The van der Waals surface area contributed by atoms with E-state index < -0.39 is 0 Å². The zero-order valence-corrected chi connectivity index (χ0v) is 34.5. The number of fused-ring (bicyclic) bond motifs is 1. The molecule has 0 fully saturated rings. The number of halogens is 2. The van der Waals surface area contributed by atoms with E-state index in [0.717, 1.165) is 45.3 Å². The second-order valence-corrected chi connectivity index (χ2v) is 16.9. The molecule has 0 atom stereocenters. The molecule has 0 saturated heterocycles. The Labute approximate surface area is 323 Å². The summed E-state index contributed by atoms with van der Waals surface area (Å²) in [4.78, 5) is 4.93. The van der Waals surface area contributed by atoms with Crippen molar-refractivity contribution in [3.8, 4) is 0 Å². The van der Waals surface area contributed by atoms with Crippen LogP contribution in [0, 0.1) is 20.8 Å². The summed E-state index contributed by atoms with van der Waals surface area (Å²) < 4.78 is 2.12. The Bertz CT molecular complexity index is 2040. The van der Waals surface area contributed by atoms with E-state index >= 15 is 0 Å². The molecule has 0 amide bonds. The molecule has 0 radical (unpaired) electrons. The van der Waals surface area contributed by atoms with Crippen LogP contribution in [0.2, 0.25) is 0 Å². The van der Waals surface area contributed by atoms with Gasteiger partial charge in [0.25, 0.3) is 0 Å². The normalized spacial score (nSPS) is 17.3. The summed E-state index contributed by atoms with van der Waals surface area (Å²) in [6, 6.07) is 31.0. The van der Waals surface area contributed by atoms with E-state index in [-0.39, 0.29) is 10.8 Å². The van der Waals surface area contributed by atoms with Crippen LogP contribution in [0.3, 0.4) is 0 Å². The second kappa shape index (κ2) is 14.6. The Balaban J connectivity index is 1.51. The molecular weight excluding hydrogens is 752 g/mol. The molecule has 4 aromatic carbocycles. The topological polar surface area (TPSA) is 6.48 Å². The maximum absolute atomic E-state index is 4.64. The average Bonchev–Trinajstić information content (AvgIpc) is 3.59. The summed E-state index contributed by atoms with van der Waals surface area (Å²) in [5.74, 6) is 0. The first kappa shape index (κ1) is 36.9. The van der Waals surface area contributed by atoms with Crippen LogP contribution in [0.1, 0.15) is 75.3 Å². The number of benzene rings is 4. The highest BCUT2D eigenvalue weighted by Crippen LogP contribution is 2.49. The van der Waals surface area contributed by atoms with Crippen LogP contribution in [0.15, 0.2) is 153 Å². The summed E-state index contributed by atoms with van der Waals surface area (Å²) in [6.07, 6.45) is 11.3. The highest BCUT2D eigenvalue weighted by Gasteiger charge is 2.39. The van der Waals surface area contributed by atoms with Crippen molar-refractivity contribution in [2.45, 2.75) is 79.1 Å². The number of allylic oxidation sites excluding steroid dienone is 8. The Morgan fingerprint density at radius 2 is 1.41 bits per heavy atom. The lowest BCUT2D eigenvalue weighted by atomic mass is 9.75. The number of anilines is 3. The van der Waals surface area contributed by atoms with Crippen LogP contribution >= 0.6 is 31.9 Å². The Morgan fingerprint density at radius 1 is 0.824 bits per heavy atom. The molecule has 4 heteroatoms. The van der Waals surface area contributed by atoms with Crippen molar-refractivity contribution in [1.29, 1.82) is 0 Å². The molecule has 0 spiro atoms. The molecule has 1 heterocycles. The monoisotopic (exact) mass is 800 g/mol. The van der Waals surface area contributed by atoms with E-state index in [2.05, 4.69) is 213 Å². The molecular formula is C47H50Br2N2. The minimum atomic E-state index is -0.211. The molecule has 0 aromatic heterocycles. The van der Waals surface area contributed by atoms with Crippen LogP contribution < -0.4 is 9.80 Å². The number of nitrogens with zero attached hydrogens (tertiary/aromatic N) is 2. The van der Waals surface area contributed by atoms with Gasteiger partial charge in [-0.15, -0.1) is 0 Å². The minimum absolute atomic E-state index is 0.103. The van der Waals surface area contributed by atoms with Crippen molar-refractivity contribution >= 4 is 48.9 Å². The van der Waals surface area contributed by atoms with E-state index in [9.17, 15) is 0 Å². The van der Waals surface area contributed by atoms with Gasteiger partial charge in [0, 0.05) is 49.1 Å². The van der Waals surface area contributed by atoms with E-state index in [4.69, 9.17) is 0 Å². The van der Waals surface area contributed by atoms with Gasteiger partial charge in [0.2, 0.25) is 0 Å². The summed E-state index contributed by atoms with van der Waals surface area (Å²) in [5.41, 5.74) is 16.1. The van der Waals surface area contributed by atoms with Gasteiger partial charge in [0.1, 0.15) is 0 Å². The van der Waals surface area contributed by atoms with Gasteiger partial charge in [0.05, 0.1) is 5.70 Å². The van der Waals surface area contributed by atoms with Crippen molar-refractivity contribution in [3.63, 3.8) is 0 Å². The fourth-order valence-corrected chi connectivity index (χ4v) is 8.24. The zero-order chi connectivity index (χ0) is 36.7. The summed E-state index contributed by atoms with van der Waals surface area (Å²) >= 11 is 7.35. The van der Waals surface area contributed by atoms with E-state index in [1.807, 2.05) is 0 Å². The highest BCUT2D eigenvalue weighted by molar-refractivity contribution is 9.10. The van der Waals surface area contributed by atoms with Gasteiger partial charge in [0.15, 0.2) is 0 Å². The second-order valence-electron chi connectivity index (χ2n) is 15.1. The van der Waals surface area contributed by atoms with Gasteiger partial charge in [-0.1, -0.05) is 126 Å². The number of aryl methyl sites for hydroxylation is 3. The molecule has 0 bridgehead atoms. The van der Waals surface area contributed by atoms with Crippen molar-refractivity contribution < 1.29 is 0 Å². The zero-order valence-electron chi connectivity index (χ0n) is 31.4. The van der Waals surface area contributed by atoms with Gasteiger partial charge >= 0.3 is 0 Å². The van der Waals surface area contributed by atoms with Gasteiger partial charge in [-0.2, -0.15) is 0 Å². The number of hydrogen-bond acceptors (Lipinski definition) is 2. The van der Waals surface area contributed by atoms with Crippen LogP contribution in [0.5, 0.6) is 0 Å². The molecule has 0 unspecified atom stereocenters. The molecule has 1 aliphatic carbocycles. The largest absolute Gasteiger partial charge is 0.344 e. The number of likely N-dealkylation sites (N-methyl/N-ethyl adjacent to an activating group) is 1. The SMILES string of the molecule is C=C(/C=C/C1=C(N(c2ccc(Br)cc2)c2ccc(Br)cc2)C(=C/C=C2/N(CC)c3ccc(C)cc3C2(C)C)/CC1)C(C)(C)c1cc(C)ccc1C. The van der Waals surface area contributed by atoms with Crippen molar-refractivity contribution in [3.05, 3.63) is 181 Å². The van der Waals surface area contributed by atoms with Crippen LogP contribution in [-0.2, 0) is 10.8 Å². The van der Waals surface area contributed by atoms with Crippen LogP contribution in [0.4, 0.5) is 17.1 Å². The van der Waals surface area contributed by atoms with Crippen molar-refractivity contribution in [1.82, 2.24) is 0 Å². The molecule has 6 rings (SSSR count). The smallest absolute Gasteiger partial charge is 0.0525 e. The van der Waals surface area contributed by atoms with Gasteiger partial charge in [-0.05, 0) is 135 Å². The van der Waals surface area contributed by atoms with Gasteiger partial charge in [-0.25, -0.2) is 0 Å². The van der Waals surface area contributed by atoms with Gasteiger partial charge < -0.3 is 9.80 Å². The Morgan fingerprint density at radius 3 is 2.02 bits per heavy atom. The van der Waals surface area contributed by atoms with E-state index in [0.29, 0.717) is 0 Å². The fourth-order valence-electron chi connectivity index (χ4n) is 7.71. The van der Waals surface area contributed by atoms with Crippen LogP contribution in [-0.4, -0.2) is 6.54 Å². The lowest BCUT2D eigenvalue weighted by Gasteiger charge is -2.30. The predicted octanol–water partition coefficient (Wildman–Crippen LogP) is 14.0. The average molecular weight is 803 g/mol. The summed E-state index contributed by atoms with van der Waals surface area (Å²) in [5, 5.41) is 0. The maximum atomic E-state index is 4.64. The minimum Gasteiger partial charge on any atom is -0.344 e. The standard InChI is InChI=1S/C47H50Br2N2/c1-10-50-43-27-12-32(3)30-42(43)47(8,9)44(50)28-18-36-17-16-35(15-14-34(5)46(6,7)41-29-31(2)11-13-33(41)4)45(36)51(39-23-19-37(48)20-24-39)40-25-21-38(49)22-26-40/h11-15,18-30H,5,10,16-17H2,1-4,6-9H3/b15-14+,36-18+,44-28+. The third-order valence-corrected chi connectivity index (χ3v) is 11.9.